The highest BCUT2D eigenvalue weighted by atomic mass is 16.3. The van der Waals surface area contributed by atoms with E-state index >= 15 is 0 Å². The van der Waals surface area contributed by atoms with Crippen LogP contribution in [0.5, 0.6) is 5.75 Å². The molecule has 13 heavy (non-hydrogen) atoms. The van der Waals surface area contributed by atoms with E-state index in [9.17, 15) is 4.79 Å². The minimum absolute atomic E-state index is 0.0792. The van der Waals surface area contributed by atoms with Gasteiger partial charge in [0.1, 0.15) is 5.75 Å². The Bertz CT molecular complexity index is 334. The fourth-order valence-corrected chi connectivity index (χ4v) is 1.61. The van der Waals surface area contributed by atoms with Crippen molar-refractivity contribution in [2.45, 2.75) is 18.9 Å². The molecule has 1 amide bonds. The Hall–Kier alpha value is -1.51. The summed E-state index contributed by atoms with van der Waals surface area (Å²) in [6.07, 6.45) is 0.526. The summed E-state index contributed by atoms with van der Waals surface area (Å²) in [6, 6.07) is 6.92. The lowest BCUT2D eigenvalue weighted by atomic mass is 9.82. The highest BCUT2D eigenvalue weighted by Gasteiger charge is 2.39. The second-order valence-electron chi connectivity index (χ2n) is 3.60. The van der Waals surface area contributed by atoms with Gasteiger partial charge in [-0.2, -0.15) is 0 Å². The van der Waals surface area contributed by atoms with Crippen LogP contribution in [0.15, 0.2) is 24.3 Å². The molecule has 3 heteroatoms. The monoisotopic (exact) mass is 177 g/mol. The van der Waals surface area contributed by atoms with Crippen LogP contribution in [0.25, 0.3) is 0 Å². The number of nitrogens with one attached hydrogen (secondary N) is 1. The predicted molar refractivity (Wildman–Crippen MR) is 48.2 cm³/mol. The van der Waals surface area contributed by atoms with Gasteiger partial charge in [-0.25, -0.2) is 0 Å². The van der Waals surface area contributed by atoms with Crippen molar-refractivity contribution < 1.29 is 9.90 Å². The van der Waals surface area contributed by atoms with Crippen molar-refractivity contribution in [2.75, 3.05) is 0 Å². The number of hydrogen-bond acceptors (Lipinski definition) is 2. The molecule has 68 valence electrons. The smallest absolute Gasteiger partial charge is 0.223 e. The fraction of sp³-hybridized carbons (Fsp3) is 0.300. The molecule has 0 saturated carbocycles. The van der Waals surface area contributed by atoms with Crippen molar-refractivity contribution in [2.24, 2.45) is 0 Å². The van der Waals surface area contributed by atoms with Crippen LogP contribution in [0.4, 0.5) is 0 Å². The molecule has 0 aliphatic carbocycles. The average Bonchev–Trinajstić information content (AvgIpc) is 2.03. The summed E-state index contributed by atoms with van der Waals surface area (Å²) in [7, 11) is 0. The fourth-order valence-electron chi connectivity index (χ4n) is 1.61. The largest absolute Gasteiger partial charge is 0.508 e. The topological polar surface area (TPSA) is 49.3 Å². The molecular weight excluding hydrogens is 166 g/mol. The maximum absolute atomic E-state index is 10.8. The molecule has 1 heterocycles. The third-order valence-electron chi connectivity index (χ3n) is 2.43. The van der Waals surface area contributed by atoms with Gasteiger partial charge < -0.3 is 10.4 Å². The Balaban J connectivity index is 2.26. The van der Waals surface area contributed by atoms with Crippen molar-refractivity contribution in [3.05, 3.63) is 29.8 Å². The molecule has 1 aromatic carbocycles. The molecule has 3 nitrogen and oxygen atoms in total. The lowest BCUT2D eigenvalue weighted by Crippen LogP contribution is -2.56. The number of carbonyl (C=O) groups is 1. The first-order valence-corrected chi connectivity index (χ1v) is 4.21. The second-order valence-corrected chi connectivity index (χ2v) is 3.60. The van der Waals surface area contributed by atoms with E-state index < -0.39 is 0 Å². The quantitative estimate of drug-likeness (QED) is 0.632. The first-order valence-electron chi connectivity index (χ1n) is 4.21. The zero-order valence-corrected chi connectivity index (χ0v) is 7.37. The van der Waals surface area contributed by atoms with Gasteiger partial charge in [0.25, 0.3) is 0 Å². The highest BCUT2D eigenvalue weighted by molar-refractivity contribution is 5.85. The van der Waals surface area contributed by atoms with E-state index in [1.54, 1.807) is 12.1 Å². The zero-order valence-electron chi connectivity index (χ0n) is 7.37. The molecule has 1 aromatic rings. The van der Waals surface area contributed by atoms with Crippen LogP contribution in [0.1, 0.15) is 18.9 Å². The Kier molecular flexibility index (Phi) is 1.55. The van der Waals surface area contributed by atoms with E-state index in [0.29, 0.717) is 6.42 Å². The first-order chi connectivity index (χ1) is 6.10. The molecule has 1 unspecified atom stereocenters. The summed E-state index contributed by atoms with van der Waals surface area (Å²) in [6.45, 7) is 1.97. The van der Waals surface area contributed by atoms with Gasteiger partial charge in [-0.05, 0) is 24.6 Å². The number of β-lactam (4-membered cyclic amide) rings is 1. The Morgan fingerprint density at radius 1 is 1.38 bits per heavy atom. The average molecular weight is 177 g/mol. The van der Waals surface area contributed by atoms with Crippen molar-refractivity contribution in [1.82, 2.24) is 5.32 Å². The van der Waals surface area contributed by atoms with E-state index in [2.05, 4.69) is 5.32 Å². The van der Waals surface area contributed by atoms with Crippen molar-refractivity contribution >= 4 is 5.91 Å². The van der Waals surface area contributed by atoms with Crippen LogP contribution in [-0.4, -0.2) is 11.0 Å². The number of phenolic OH excluding ortho intramolecular Hbond substituents is 1. The summed E-state index contributed by atoms with van der Waals surface area (Å²) in [5, 5.41) is 11.9. The van der Waals surface area contributed by atoms with E-state index in [1.165, 1.54) is 0 Å². The summed E-state index contributed by atoms with van der Waals surface area (Å²) >= 11 is 0. The molecular formula is C10H11NO2. The van der Waals surface area contributed by atoms with Gasteiger partial charge in [0.15, 0.2) is 0 Å². The van der Waals surface area contributed by atoms with Gasteiger partial charge in [-0.15, -0.1) is 0 Å². The molecule has 1 aliphatic heterocycles. The number of carbonyl (C=O) groups excluding carboxylic acids is 1. The lowest BCUT2D eigenvalue weighted by Gasteiger charge is -2.39. The minimum Gasteiger partial charge on any atom is -0.508 e. The number of amides is 1. The third kappa shape index (κ3) is 1.26. The predicted octanol–water partition coefficient (Wildman–Crippen LogP) is 1.13. The third-order valence-corrected chi connectivity index (χ3v) is 2.43. The summed E-state index contributed by atoms with van der Waals surface area (Å²) in [4.78, 5) is 10.8. The number of aromatic hydroxyl groups is 1. The number of rotatable bonds is 1. The van der Waals surface area contributed by atoms with Crippen molar-refractivity contribution in [1.29, 1.82) is 0 Å². The molecule has 1 fully saturated rings. The van der Waals surface area contributed by atoms with Gasteiger partial charge in [0.2, 0.25) is 5.91 Å². The van der Waals surface area contributed by atoms with Crippen molar-refractivity contribution in [3.8, 4) is 5.75 Å². The zero-order chi connectivity index (χ0) is 9.47. The first kappa shape index (κ1) is 8.10. The molecule has 2 N–H and O–H groups in total. The molecule has 1 atom stereocenters. The van der Waals surface area contributed by atoms with Crippen LogP contribution in [0, 0.1) is 0 Å². The number of hydrogen-bond donors (Lipinski definition) is 2. The van der Waals surface area contributed by atoms with E-state index in [1.807, 2.05) is 19.1 Å². The number of benzene rings is 1. The number of phenols is 1. The molecule has 1 aliphatic rings. The van der Waals surface area contributed by atoms with E-state index in [4.69, 9.17) is 5.11 Å². The lowest BCUT2D eigenvalue weighted by molar-refractivity contribution is -0.132. The molecule has 0 aromatic heterocycles. The molecule has 0 radical (unpaired) electrons. The normalized spacial score (nSPS) is 26.4. The van der Waals surface area contributed by atoms with Gasteiger partial charge in [-0.3, -0.25) is 4.79 Å². The van der Waals surface area contributed by atoms with Crippen LogP contribution in [-0.2, 0) is 10.3 Å². The molecule has 2 rings (SSSR count). The van der Waals surface area contributed by atoms with Crippen LogP contribution in [0.2, 0.25) is 0 Å². The second kappa shape index (κ2) is 2.49. The summed E-state index contributed by atoms with van der Waals surface area (Å²) in [5.41, 5.74) is 0.801. The maximum atomic E-state index is 10.8. The minimum atomic E-state index is -0.231. The van der Waals surface area contributed by atoms with Gasteiger partial charge >= 0.3 is 0 Å². The molecule has 1 saturated heterocycles. The standard InChI is InChI=1S/C10H11NO2/c1-10(6-9(13)11-10)7-2-4-8(12)5-3-7/h2-5,12H,6H2,1H3,(H,11,13). The van der Waals surface area contributed by atoms with Crippen molar-refractivity contribution in [3.63, 3.8) is 0 Å². The summed E-state index contributed by atoms with van der Waals surface area (Å²) in [5.74, 6) is 0.327. The van der Waals surface area contributed by atoms with Crippen LogP contribution in [0.3, 0.4) is 0 Å². The Morgan fingerprint density at radius 2 is 1.92 bits per heavy atom. The van der Waals surface area contributed by atoms with E-state index in [0.717, 1.165) is 5.56 Å². The van der Waals surface area contributed by atoms with Gasteiger partial charge in [0.05, 0.1) is 12.0 Å². The molecule has 0 bridgehead atoms. The Labute approximate surface area is 76.4 Å². The maximum Gasteiger partial charge on any atom is 0.223 e. The summed E-state index contributed by atoms with van der Waals surface area (Å²) < 4.78 is 0. The SMILES string of the molecule is CC1(c2ccc(O)cc2)CC(=O)N1. The Morgan fingerprint density at radius 3 is 2.38 bits per heavy atom. The highest BCUT2D eigenvalue weighted by Crippen LogP contribution is 2.31. The van der Waals surface area contributed by atoms with E-state index in [-0.39, 0.29) is 17.2 Å². The van der Waals surface area contributed by atoms with Crippen LogP contribution >= 0.6 is 0 Å². The van der Waals surface area contributed by atoms with Gasteiger partial charge in [0, 0.05) is 0 Å². The molecule has 0 spiro atoms. The van der Waals surface area contributed by atoms with Gasteiger partial charge in [-0.1, -0.05) is 12.1 Å². The van der Waals surface area contributed by atoms with Crippen LogP contribution < -0.4 is 5.32 Å².